The first kappa shape index (κ1) is 17.2. The number of amides is 2. The number of carbonyl (C=O) groups excluding carboxylic acids is 3. The highest BCUT2D eigenvalue weighted by Gasteiger charge is 2.41. The van der Waals surface area contributed by atoms with Gasteiger partial charge in [-0.25, -0.2) is 0 Å². The Balaban J connectivity index is 1.51. The van der Waals surface area contributed by atoms with Gasteiger partial charge in [-0.2, -0.15) is 0 Å². The van der Waals surface area contributed by atoms with Gasteiger partial charge in [0.1, 0.15) is 0 Å². The Hall–Kier alpha value is -2.63. The molecule has 1 aromatic carbocycles. The van der Waals surface area contributed by atoms with E-state index in [9.17, 15) is 14.4 Å². The highest BCUT2D eigenvalue weighted by molar-refractivity contribution is 5.95. The van der Waals surface area contributed by atoms with Crippen LogP contribution < -0.4 is 10.6 Å². The molecule has 25 heavy (non-hydrogen) atoms. The lowest BCUT2D eigenvalue weighted by atomic mass is 9.94. The number of hydrogen-bond acceptors (Lipinski definition) is 4. The standard InChI is InChI=1S/C19H22N2O4/c1-11(25-19(24)17-10-13-3-4-14(17)9-13)18(23)21-16-7-5-15(6-8-16)20-12(2)22/h3-8,11,13-14,17H,9-10H2,1-2H3,(H,20,22)(H,21,23)/t11-,13-,14+,17+/m1/s1. The average Bonchev–Trinajstić information content (AvgIpc) is 3.19. The normalized spacial score (nSPS) is 24.6. The lowest BCUT2D eigenvalue weighted by molar-refractivity contribution is -0.158. The number of fused-ring (bicyclic) bond motifs is 2. The number of esters is 1. The molecule has 0 unspecified atom stereocenters. The second-order valence-electron chi connectivity index (χ2n) is 6.71. The summed E-state index contributed by atoms with van der Waals surface area (Å²) in [7, 11) is 0. The zero-order valence-electron chi connectivity index (χ0n) is 14.3. The van der Waals surface area contributed by atoms with Crippen molar-refractivity contribution in [1.82, 2.24) is 0 Å². The second-order valence-corrected chi connectivity index (χ2v) is 6.71. The van der Waals surface area contributed by atoms with Crippen LogP contribution in [0.3, 0.4) is 0 Å². The van der Waals surface area contributed by atoms with Gasteiger partial charge in [0.05, 0.1) is 5.92 Å². The molecule has 2 aliphatic rings. The lowest BCUT2D eigenvalue weighted by Crippen LogP contribution is -2.33. The van der Waals surface area contributed by atoms with E-state index in [0.29, 0.717) is 17.3 Å². The van der Waals surface area contributed by atoms with Gasteiger partial charge in [0.15, 0.2) is 6.10 Å². The molecule has 1 aromatic rings. The number of benzene rings is 1. The molecule has 0 radical (unpaired) electrons. The molecule has 6 heteroatoms. The number of ether oxygens (including phenoxy) is 1. The summed E-state index contributed by atoms with van der Waals surface area (Å²) in [4.78, 5) is 35.5. The molecular formula is C19H22N2O4. The predicted molar refractivity (Wildman–Crippen MR) is 93.8 cm³/mol. The van der Waals surface area contributed by atoms with Crippen molar-refractivity contribution >= 4 is 29.2 Å². The van der Waals surface area contributed by atoms with E-state index < -0.39 is 6.10 Å². The van der Waals surface area contributed by atoms with Gasteiger partial charge < -0.3 is 15.4 Å². The van der Waals surface area contributed by atoms with Gasteiger partial charge in [0, 0.05) is 18.3 Å². The van der Waals surface area contributed by atoms with Crippen LogP contribution in [0.1, 0.15) is 26.7 Å². The van der Waals surface area contributed by atoms with E-state index in [0.717, 1.165) is 12.8 Å². The van der Waals surface area contributed by atoms with Crippen LogP contribution >= 0.6 is 0 Å². The van der Waals surface area contributed by atoms with Crippen LogP contribution in [0.4, 0.5) is 11.4 Å². The van der Waals surface area contributed by atoms with E-state index in [2.05, 4.69) is 22.8 Å². The van der Waals surface area contributed by atoms with Crippen molar-refractivity contribution in [3.05, 3.63) is 36.4 Å². The highest BCUT2D eigenvalue weighted by atomic mass is 16.5. The summed E-state index contributed by atoms with van der Waals surface area (Å²) in [6.45, 7) is 3.00. The van der Waals surface area contributed by atoms with Crippen LogP contribution in [0.2, 0.25) is 0 Å². The van der Waals surface area contributed by atoms with Crippen molar-refractivity contribution in [2.75, 3.05) is 10.6 Å². The number of hydrogen-bond donors (Lipinski definition) is 2. The highest BCUT2D eigenvalue weighted by Crippen LogP contribution is 2.44. The summed E-state index contributed by atoms with van der Waals surface area (Å²) in [5, 5.41) is 5.36. The molecule has 4 atom stereocenters. The van der Waals surface area contributed by atoms with E-state index >= 15 is 0 Å². The molecule has 1 fully saturated rings. The molecule has 0 saturated heterocycles. The maximum absolute atomic E-state index is 12.3. The van der Waals surface area contributed by atoms with Gasteiger partial charge in [-0.3, -0.25) is 14.4 Å². The molecule has 0 heterocycles. The van der Waals surface area contributed by atoms with E-state index in [1.54, 1.807) is 31.2 Å². The van der Waals surface area contributed by atoms with Gasteiger partial charge in [0.2, 0.25) is 5.91 Å². The van der Waals surface area contributed by atoms with Gasteiger partial charge in [-0.1, -0.05) is 12.2 Å². The number of rotatable bonds is 5. The number of anilines is 2. The molecule has 6 nitrogen and oxygen atoms in total. The Bertz CT molecular complexity index is 711. The number of nitrogens with one attached hydrogen (secondary N) is 2. The topological polar surface area (TPSA) is 84.5 Å². The summed E-state index contributed by atoms with van der Waals surface area (Å²) < 4.78 is 5.36. The Morgan fingerprint density at radius 3 is 2.20 bits per heavy atom. The molecule has 2 N–H and O–H groups in total. The van der Waals surface area contributed by atoms with E-state index in [-0.39, 0.29) is 29.6 Å². The van der Waals surface area contributed by atoms with Crippen molar-refractivity contribution in [3.8, 4) is 0 Å². The van der Waals surface area contributed by atoms with Gasteiger partial charge >= 0.3 is 5.97 Å². The van der Waals surface area contributed by atoms with E-state index in [1.807, 2.05) is 0 Å². The summed E-state index contributed by atoms with van der Waals surface area (Å²) in [5.74, 6) is -0.210. The third kappa shape index (κ3) is 4.07. The molecule has 2 amide bonds. The van der Waals surface area contributed by atoms with Crippen LogP contribution in [-0.2, 0) is 19.1 Å². The first-order valence-corrected chi connectivity index (χ1v) is 8.49. The first-order valence-electron chi connectivity index (χ1n) is 8.49. The molecule has 0 spiro atoms. The van der Waals surface area contributed by atoms with Crippen LogP contribution in [0.5, 0.6) is 0 Å². The van der Waals surface area contributed by atoms with Crippen molar-refractivity contribution in [2.45, 2.75) is 32.8 Å². The van der Waals surface area contributed by atoms with Crippen molar-refractivity contribution in [1.29, 1.82) is 0 Å². The van der Waals surface area contributed by atoms with Gasteiger partial charge in [0.25, 0.3) is 5.91 Å². The summed E-state index contributed by atoms with van der Waals surface area (Å²) >= 11 is 0. The lowest BCUT2D eigenvalue weighted by Gasteiger charge is -2.20. The molecular weight excluding hydrogens is 320 g/mol. The third-order valence-corrected chi connectivity index (χ3v) is 4.72. The Labute approximate surface area is 146 Å². The maximum Gasteiger partial charge on any atom is 0.310 e. The van der Waals surface area contributed by atoms with Crippen LogP contribution in [0, 0.1) is 17.8 Å². The number of carbonyl (C=O) groups is 3. The Kier molecular flexibility index (Phi) is 4.88. The maximum atomic E-state index is 12.3. The van der Waals surface area contributed by atoms with Crippen LogP contribution in [0.25, 0.3) is 0 Å². The zero-order valence-corrected chi connectivity index (χ0v) is 14.3. The third-order valence-electron chi connectivity index (χ3n) is 4.72. The fourth-order valence-corrected chi connectivity index (χ4v) is 3.45. The fourth-order valence-electron chi connectivity index (χ4n) is 3.45. The molecule has 2 bridgehead atoms. The molecule has 2 aliphatic carbocycles. The van der Waals surface area contributed by atoms with E-state index in [4.69, 9.17) is 4.74 Å². The van der Waals surface area contributed by atoms with Gasteiger partial charge in [-0.15, -0.1) is 0 Å². The summed E-state index contributed by atoms with van der Waals surface area (Å²) in [6, 6.07) is 6.74. The quantitative estimate of drug-likeness (QED) is 0.636. The van der Waals surface area contributed by atoms with Crippen molar-refractivity contribution in [3.63, 3.8) is 0 Å². The van der Waals surface area contributed by atoms with Crippen molar-refractivity contribution < 1.29 is 19.1 Å². The van der Waals surface area contributed by atoms with Crippen LogP contribution in [-0.4, -0.2) is 23.9 Å². The van der Waals surface area contributed by atoms with Gasteiger partial charge in [-0.05, 0) is 55.9 Å². The minimum absolute atomic E-state index is 0.123. The molecule has 0 aromatic heterocycles. The average molecular weight is 342 g/mol. The largest absolute Gasteiger partial charge is 0.452 e. The first-order chi connectivity index (χ1) is 11.9. The Morgan fingerprint density at radius 2 is 1.68 bits per heavy atom. The minimum atomic E-state index is -0.856. The minimum Gasteiger partial charge on any atom is -0.452 e. The Morgan fingerprint density at radius 1 is 1.04 bits per heavy atom. The molecule has 0 aliphatic heterocycles. The summed E-state index contributed by atoms with van der Waals surface area (Å²) in [6.07, 6.45) is 5.22. The van der Waals surface area contributed by atoms with Crippen molar-refractivity contribution in [2.24, 2.45) is 17.8 Å². The smallest absolute Gasteiger partial charge is 0.310 e. The number of allylic oxidation sites excluding steroid dienone is 2. The zero-order chi connectivity index (χ0) is 18.0. The van der Waals surface area contributed by atoms with Crippen LogP contribution in [0.15, 0.2) is 36.4 Å². The SMILES string of the molecule is CC(=O)Nc1ccc(NC(=O)[C@@H](C)OC(=O)[C@H]2C[C@@H]3C=C[C@H]2C3)cc1. The second kappa shape index (κ2) is 7.09. The summed E-state index contributed by atoms with van der Waals surface area (Å²) in [5.41, 5.74) is 1.22. The van der Waals surface area contributed by atoms with E-state index in [1.165, 1.54) is 6.92 Å². The molecule has 132 valence electrons. The monoisotopic (exact) mass is 342 g/mol. The predicted octanol–water partition coefficient (Wildman–Crippen LogP) is 2.73. The molecule has 1 saturated carbocycles. The molecule has 3 rings (SSSR count). The fraction of sp³-hybridized carbons (Fsp3) is 0.421.